The molecule has 20 heavy (non-hydrogen) atoms. The largest absolute Gasteiger partial charge is 0.325 e. The molecule has 1 heterocycles. The van der Waals surface area contributed by atoms with Crippen molar-refractivity contribution in [1.82, 2.24) is 10.2 Å². The van der Waals surface area contributed by atoms with Gasteiger partial charge in [0.05, 0.1) is 12.2 Å². The lowest BCUT2D eigenvalue weighted by Gasteiger charge is -2.31. The van der Waals surface area contributed by atoms with E-state index >= 15 is 0 Å². The topological polar surface area (TPSA) is 32.3 Å². The van der Waals surface area contributed by atoms with Crippen LogP contribution in [0.3, 0.4) is 0 Å². The maximum Gasteiger partial charge on any atom is 0.241 e. The highest BCUT2D eigenvalue weighted by Crippen LogP contribution is 2.35. The van der Waals surface area contributed by atoms with Crippen LogP contribution in [0.25, 0.3) is 0 Å². The second-order valence-electron chi connectivity index (χ2n) is 7.52. The maximum atomic E-state index is 12.8. The van der Waals surface area contributed by atoms with Gasteiger partial charge in [-0.05, 0) is 43.4 Å². The highest BCUT2D eigenvalue weighted by atomic mass is 16.2. The number of nitrogens with one attached hydrogen (secondary N) is 1. The van der Waals surface area contributed by atoms with Crippen molar-refractivity contribution >= 4 is 5.91 Å². The highest BCUT2D eigenvalue weighted by Gasteiger charge is 2.44. The van der Waals surface area contributed by atoms with Crippen LogP contribution in [0.1, 0.15) is 65.2 Å². The second-order valence-corrected chi connectivity index (χ2v) is 7.52. The lowest BCUT2D eigenvalue weighted by Crippen LogP contribution is -2.44. The third-order valence-corrected chi connectivity index (χ3v) is 5.68. The molecule has 114 valence electrons. The van der Waals surface area contributed by atoms with E-state index in [1.165, 1.54) is 51.4 Å². The van der Waals surface area contributed by atoms with E-state index in [2.05, 4.69) is 24.1 Å². The zero-order valence-electron chi connectivity index (χ0n) is 13.1. The van der Waals surface area contributed by atoms with Gasteiger partial charge in [-0.2, -0.15) is 0 Å². The molecule has 1 amide bonds. The van der Waals surface area contributed by atoms with E-state index in [1.807, 2.05) is 0 Å². The molecule has 1 saturated heterocycles. The minimum absolute atomic E-state index is 0.0574. The smallest absolute Gasteiger partial charge is 0.241 e. The fourth-order valence-corrected chi connectivity index (χ4v) is 4.48. The molecule has 3 nitrogen and oxygen atoms in total. The van der Waals surface area contributed by atoms with E-state index < -0.39 is 0 Å². The molecule has 2 unspecified atom stereocenters. The average Bonchev–Trinajstić information content (AvgIpc) is 3.13. The van der Waals surface area contributed by atoms with Crippen molar-refractivity contribution in [3.8, 4) is 0 Å². The molecule has 0 spiro atoms. The first-order valence-corrected chi connectivity index (χ1v) is 8.73. The summed E-state index contributed by atoms with van der Waals surface area (Å²) in [6.07, 6.45) is 11.0. The monoisotopic (exact) mass is 278 g/mol. The molecule has 1 aliphatic heterocycles. The summed E-state index contributed by atoms with van der Waals surface area (Å²) in [5.74, 6) is 2.24. The van der Waals surface area contributed by atoms with Crippen molar-refractivity contribution in [3.05, 3.63) is 0 Å². The number of hydrogen-bond donors (Lipinski definition) is 1. The van der Waals surface area contributed by atoms with Gasteiger partial charge < -0.3 is 4.90 Å². The van der Waals surface area contributed by atoms with Crippen molar-refractivity contribution in [2.24, 2.45) is 17.8 Å². The van der Waals surface area contributed by atoms with Gasteiger partial charge in [-0.25, -0.2) is 0 Å². The molecule has 0 bridgehead atoms. The Morgan fingerprint density at radius 1 is 1.10 bits per heavy atom. The predicted molar refractivity (Wildman–Crippen MR) is 81.2 cm³/mol. The summed E-state index contributed by atoms with van der Waals surface area (Å²) in [5.41, 5.74) is 0. The Bertz CT molecular complexity index is 343. The first kappa shape index (κ1) is 14.4. The highest BCUT2D eigenvalue weighted by molar-refractivity contribution is 5.84. The fraction of sp³-hybridized carbons (Fsp3) is 0.941. The quantitative estimate of drug-likeness (QED) is 0.857. The first-order valence-electron chi connectivity index (χ1n) is 8.73. The zero-order valence-corrected chi connectivity index (χ0v) is 13.1. The van der Waals surface area contributed by atoms with Gasteiger partial charge in [0, 0.05) is 6.54 Å². The second kappa shape index (κ2) is 6.05. The van der Waals surface area contributed by atoms with E-state index in [1.54, 1.807) is 0 Å². The molecule has 3 heteroatoms. The van der Waals surface area contributed by atoms with Crippen molar-refractivity contribution in [3.63, 3.8) is 0 Å². The summed E-state index contributed by atoms with van der Waals surface area (Å²) >= 11 is 0. The Hall–Kier alpha value is -0.570. The van der Waals surface area contributed by atoms with Crippen molar-refractivity contribution in [2.75, 3.05) is 6.54 Å². The predicted octanol–water partition coefficient (Wildman–Crippen LogP) is 3.15. The molecule has 2 aliphatic carbocycles. The third-order valence-electron chi connectivity index (χ3n) is 5.68. The van der Waals surface area contributed by atoms with Gasteiger partial charge in [0.15, 0.2) is 0 Å². The molecule has 0 radical (unpaired) electrons. The number of carbonyl (C=O) groups excluding carboxylic acids is 1. The van der Waals surface area contributed by atoms with Crippen LogP contribution in [0.4, 0.5) is 0 Å². The molecule has 3 aliphatic rings. The lowest BCUT2D eigenvalue weighted by atomic mass is 10.0. The Labute approximate surface area is 123 Å². The van der Waals surface area contributed by atoms with E-state index in [-0.39, 0.29) is 6.04 Å². The van der Waals surface area contributed by atoms with Crippen LogP contribution in [0.2, 0.25) is 0 Å². The number of nitrogens with zero attached hydrogens (tertiary/aromatic N) is 1. The van der Waals surface area contributed by atoms with Crippen LogP contribution in [0.15, 0.2) is 0 Å². The van der Waals surface area contributed by atoms with Crippen LogP contribution in [0, 0.1) is 17.8 Å². The Morgan fingerprint density at radius 2 is 1.70 bits per heavy atom. The normalized spacial score (nSPS) is 33.0. The average molecular weight is 278 g/mol. The fourth-order valence-electron chi connectivity index (χ4n) is 4.48. The molecule has 1 N–H and O–H groups in total. The van der Waals surface area contributed by atoms with E-state index in [0.29, 0.717) is 23.9 Å². The Morgan fingerprint density at radius 3 is 2.30 bits per heavy atom. The van der Waals surface area contributed by atoms with Gasteiger partial charge in [-0.15, -0.1) is 0 Å². The summed E-state index contributed by atoms with van der Waals surface area (Å²) in [6, 6.07) is 0.0574. The van der Waals surface area contributed by atoms with Gasteiger partial charge in [-0.1, -0.05) is 39.5 Å². The molecule has 3 fully saturated rings. The summed E-state index contributed by atoms with van der Waals surface area (Å²) in [5, 5.41) is 3.68. The molecule has 0 aromatic carbocycles. The number of amides is 1. The molecular weight excluding hydrogens is 248 g/mol. The van der Waals surface area contributed by atoms with E-state index in [0.717, 1.165) is 12.5 Å². The lowest BCUT2D eigenvalue weighted by molar-refractivity contribution is -0.131. The summed E-state index contributed by atoms with van der Waals surface area (Å²) < 4.78 is 0. The van der Waals surface area contributed by atoms with Crippen LogP contribution < -0.4 is 5.32 Å². The van der Waals surface area contributed by atoms with Crippen LogP contribution in [-0.4, -0.2) is 29.6 Å². The molecule has 0 aromatic heterocycles. The maximum absolute atomic E-state index is 12.8. The summed E-state index contributed by atoms with van der Waals surface area (Å²) in [7, 11) is 0. The summed E-state index contributed by atoms with van der Waals surface area (Å²) in [4.78, 5) is 15.0. The van der Waals surface area contributed by atoms with Gasteiger partial charge in [-0.3, -0.25) is 10.1 Å². The van der Waals surface area contributed by atoms with Gasteiger partial charge in [0.2, 0.25) is 5.91 Å². The zero-order chi connectivity index (χ0) is 14.1. The van der Waals surface area contributed by atoms with Crippen molar-refractivity contribution in [1.29, 1.82) is 0 Å². The minimum Gasteiger partial charge on any atom is -0.325 e. The van der Waals surface area contributed by atoms with Gasteiger partial charge in [0.1, 0.15) is 0 Å². The van der Waals surface area contributed by atoms with Crippen LogP contribution in [-0.2, 0) is 4.79 Å². The molecule has 0 aromatic rings. The summed E-state index contributed by atoms with van der Waals surface area (Å²) in [6.45, 7) is 5.34. The molecule has 2 saturated carbocycles. The van der Waals surface area contributed by atoms with Gasteiger partial charge in [0.25, 0.3) is 0 Å². The molecule has 3 rings (SSSR count). The van der Waals surface area contributed by atoms with Crippen molar-refractivity contribution in [2.45, 2.75) is 77.4 Å². The standard InChI is InChI=1S/C17H30N2O/c1-12(2)15-17(20)19(11-13-7-3-4-8-13)16(18-15)14-9-5-6-10-14/h12-16,18H,3-11H2,1-2H3. The minimum atomic E-state index is 0.0574. The molecular formula is C17H30N2O. The van der Waals surface area contributed by atoms with Gasteiger partial charge >= 0.3 is 0 Å². The molecule has 2 atom stereocenters. The Kier molecular flexibility index (Phi) is 4.34. The first-order chi connectivity index (χ1) is 9.66. The number of rotatable bonds is 4. The number of hydrogen-bond acceptors (Lipinski definition) is 2. The van der Waals surface area contributed by atoms with Crippen LogP contribution in [0.5, 0.6) is 0 Å². The van der Waals surface area contributed by atoms with E-state index in [4.69, 9.17) is 0 Å². The SMILES string of the molecule is CC(C)C1NC(C2CCCC2)N(CC2CCCC2)C1=O. The van der Waals surface area contributed by atoms with Crippen molar-refractivity contribution < 1.29 is 4.79 Å². The van der Waals surface area contributed by atoms with E-state index in [9.17, 15) is 4.79 Å². The van der Waals surface area contributed by atoms with Crippen LogP contribution >= 0.6 is 0 Å². The number of carbonyl (C=O) groups is 1. The Balaban J connectivity index is 1.72. The third kappa shape index (κ3) is 2.74.